The van der Waals surface area contributed by atoms with Crippen LogP contribution in [0.4, 0.5) is 0 Å². The van der Waals surface area contributed by atoms with Crippen LogP contribution in [0.25, 0.3) is 0 Å². The van der Waals surface area contributed by atoms with Crippen molar-refractivity contribution in [3.63, 3.8) is 0 Å². The van der Waals surface area contributed by atoms with E-state index in [4.69, 9.17) is 0 Å². The fourth-order valence-electron chi connectivity index (χ4n) is 3.54. The van der Waals surface area contributed by atoms with Gasteiger partial charge in [0.25, 0.3) is 0 Å². The SMILES string of the molecule is CNCCC1CCC(N2CCC(C)CC2)CC1. The summed E-state index contributed by atoms with van der Waals surface area (Å²) in [7, 11) is 2.07. The van der Waals surface area contributed by atoms with Crippen molar-refractivity contribution in [3.05, 3.63) is 0 Å². The summed E-state index contributed by atoms with van der Waals surface area (Å²) in [6.45, 7) is 6.35. The molecule has 0 amide bonds. The van der Waals surface area contributed by atoms with E-state index in [0.717, 1.165) is 17.9 Å². The summed E-state index contributed by atoms with van der Waals surface area (Å²) in [4.78, 5) is 2.79. The van der Waals surface area contributed by atoms with E-state index in [0.29, 0.717) is 0 Å². The molecule has 2 aliphatic rings. The summed E-state index contributed by atoms with van der Waals surface area (Å²) in [6.07, 6.45) is 10.1. The minimum atomic E-state index is 0.924. The van der Waals surface area contributed by atoms with Gasteiger partial charge in [-0.3, -0.25) is 0 Å². The van der Waals surface area contributed by atoms with Gasteiger partial charge in [0.15, 0.2) is 0 Å². The van der Waals surface area contributed by atoms with Gasteiger partial charge in [0.2, 0.25) is 0 Å². The van der Waals surface area contributed by atoms with Gasteiger partial charge in [0, 0.05) is 6.04 Å². The second-order valence-corrected chi connectivity index (χ2v) is 6.29. The van der Waals surface area contributed by atoms with Crippen molar-refractivity contribution in [1.82, 2.24) is 10.2 Å². The number of rotatable bonds is 4. The van der Waals surface area contributed by atoms with Crippen LogP contribution in [-0.4, -0.2) is 37.6 Å². The molecular formula is C15H30N2. The summed E-state index contributed by atoms with van der Waals surface area (Å²) >= 11 is 0. The number of nitrogens with zero attached hydrogens (tertiary/aromatic N) is 1. The first-order valence-corrected chi connectivity index (χ1v) is 7.68. The van der Waals surface area contributed by atoms with Crippen molar-refractivity contribution in [2.75, 3.05) is 26.7 Å². The molecular weight excluding hydrogens is 208 g/mol. The van der Waals surface area contributed by atoms with Gasteiger partial charge in [-0.2, -0.15) is 0 Å². The third-order valence-corrected chi connectivity index (χ3v) is 4.95. The molecule has 1 heterocycles. The Morgan fingerprint density at radius 3 is 2.24 bits per heavy atom. The lowest BCUT2D eigenvalue weighted by atomic mass is 9.82. The van der Waals surface area contributed by atoms with Gasteiger partial charge in [-0.05, 0) is 83.5 Å². The van der Waals surface area contributed by atoms with E-state index < -0.39 is 0 Å². The highest BCUT2D eigenvalue weighted by molar-refractivity contribution is 4.82. The third kappa shape index (κ3) is 3.96. The Hall–Kier alpha value is -0.0800. The number of nitrogens with one attached hydrogen (secondary N) is 1. The number of hydrogen-bond acceptors (Lipinski definition) is 2. The van der Waals surface area contributed by atoms with Gasteiger partial charge in [-0.25, -0.2) is 0 Å². The topological polar surface area (TPSA) is 15.3 Å². The zero-order valence-electron chi connectivity index (χ0n) is 11.8. The Labute approximate surface area is 107 Å². The molecule has 1 saturated carbocycles. The molecule has 0 aromatic heterocycles. The van der Waals surface area contributed by atoms with E-state index in [1.54, 1.807) is 0 Å². The average molecular weight is 238 g/mol. The molecule has 0 aromatic carbocycles. The van der Waals surface area contributed by atoms with Crippen molar-refractivity contribution < 1.29 is 0 Å². The van der Waals surface area contributed by atoms with Gasteiger partial charge >= 0.3 is 0 Å². The van der Waals surface area contributed by atoms with Crippen molar-refractivity contribution in [1.29, 1.82) is 0 Å². The highest BCUT2D eigenvalue weighted by atomic mass is 15.2. The molecule has 2 fully saturated rings. The standard InChI is InChI=1S/C15H30N2/c1-13-8-11-17(12-9-13)15-5-3-14(4-6-15)7-10-16-2/h13-16H,3-12H2,1-2H3. The van der Waals surface area contributed by atoms with Crippen LogP contribution < -0.4 is 5.32 Å². The van der Waals surface area contributed by atoms with Gasteiger partial charge in [-0.15, -0.1) is 0 Å². The van der Waals surface area contributed by atoms with Gasteiger partial charge in [-0.1, -0.05) is 6.92 Å². The zero-order chi connectivity index (χ0) is 12.1. The summed E-state index contributed by atoms with van der Waals surface area (Å²) in [5.74, 6) is 1.97. The molecule has 0 atom stereocenters. The zero-order valence-corrected chi connectivity index (χ0v) is 11.8. The van der Waals surface area contributed by atoms with Crippen molar-refractivity contribution in [3.8, 4) is 0 Å². The maximum Gasteiger partial charge on any atom is 0.00954 e. The predicted octanol–water partition coefficient (Wildman–Crippen LogP) is 2.89. The van der Waals surface area contributed by atoms with Crippen molar-refractivity contribution in [2.24, 2.45) is 11.8 Å². The largest absolute Gasteiger partial charge is 0.320 e. The molecule has 1 aliphatic heterocycles. The molecule has 1 N–H and O–H groups in total. The highest BCUT2D eigenvalue weighted by Gasteiger charge is 2.27. The number of likely N-dealkylation sites (tertiary alicyclic amines) is 1. The van der Waals surface area contributed by atoms with Crippen LogP contribution in [-0.2, 0) is 0 Å². The number of hydrogen-bond donors (Lipinski definition) is 1. The quantitative estimate of drug-likeness (QED) is 0.810. The first-order valence-electron chi connectivity index (χ1n) is 7.68. The fourth-order valence-corrected chi connectivity index (χ4v) is 3.54. The molecule has 1 aliphatic carbocycles. The van der Waals surface area contributed by atoms with Gasteiger partial charge < -0.3 is 10.2 Å². The van der Waals surface area contributed by atoms with Crippen LogP contribution in [0.2, 0.25) is 0 Å². The van der Waals surface area contributed by atoms with Gasteiger partial charge in [0.05, 0.1) is 0 Å². The molecule has 0 radical (unpaired) electrons. The summed E-state index contributed by atoms with van der Waals surface area (Å²) in [5.41, 5.74) is 0. The first kappa shape index (κ1) is 13.4. The van der Waals surface area contributed by atoms with Crippen LogP contribution in [0.1, 0.15) is 51.9 Å². The Kier molecular flexibility index (Phi) is 5.30. The Bertz CT molecular complexity index is 201. The predicted molar refractivity (Wildman–Crippen MR) is 74.3 cm³/mol. The summed E-state index contributed by atoms with van der Waals surface area (Å²) in [6, 6.07) is 0.924. The average Bonchev–Trinajstić information content (AvgIpc) is 2.38. The van der Waals surface area contributed by atoms with E-state index in [1.807, 2.05) is 0 Å². The normalized spacial score (nSPS) is 32.8. The van der Waals surface area contributed by atoms with E-state index in [-0.39, 0.29) is 0 Å². The molecule has 2 rings (SSSR count). The molecule has 0 aromatic rings. The fraction of sp³-hybridized carbons (Fsp3) is 1.00. The van der Waals surface area contributed by atoms with Crippen LogP contribution in [0, 0.1) is 11.8 Å². The molecule has 17 heavy (non-hydrogen) atoms. The lowest BCUT2D eigenvalue weighted by Crippen LogP contribution is -2.42. The summed E-state index contributed by atoms with van der Waals surface area (Å²) < 4.78 is 0. The van der Waals surface area contributed by atoms with E-state index in [2.05, 4.69) is 24.2 Å². The highest BCUT2D eigenvalue weighted by Crippen LogP contribution is 2.31. The second kappa shape index (κ2) is 6.75. The van der Waals surface area contributed by atoms with Crippen LogP contribution in [0.5, 0.6) is 0 Å². The maximum absolute atomic E-state index is 3.28. The smallest absolute Gasteiger partial charge is 0.00954 e. The molecule has 0 unspecified atom stereocenters. The minimum absolute atomic E-state index is 0.924. The Morgan fingerprint density at radius 2 is 1.65 bits per heavy atom. The maximum atomic E-state index is 3.28. The van der Waals surface area contributed by atoms with E-state index in [1.165, 1.54) is 64.6 Å². The Balaban J connectivity index is 1.68. The lowest BCUT2D eigenvalue weighted by molar-refractivity contribution is 0.0967. The molecule has 100 valence electrons. The van der Waals surface area contributed by atoms with Gasteiger partial charge in [0.1, 0.15) is 0 Å². The second-order valence-electron chi connectivity index (χ2n) is 6.29. The molecule has 0 spiro atoms. The first-order chi connectivity index (χ1) is 8.29. The monoisotopic (exact) mass is 238 g/mol. The third-order valence-electron chi connectivity index (χ3n) is 4.95. The molecule has 1 saturated heterocycles. The number of piperidine rings is 1. The van der Waals surface area contributed by atoms with Crippen LogP contribution in [0.3, 0.4) is 0 Å². The van der Waals surface area contributed by atoms with Crippen LogP contribution >= 0.6 is 0 Å². The molecule has 0 bridgehead atoms. The van der Waals surface area contributed by atoms with Crippen molar-refractivity contribution in [2.45, 2.75) is 57.9 Å². The molecule has 2 heteroatoms. The summed E-state index contributed by atoms with van der Waals surface area (Å²) in [5, 5.41) is 3.28. The van der Waals surface area contributed by atoms with Crippen LogP contribution in [0.15, 0.2) is 0 Å². The molecule has 2 nitrogen and oxygen atoms in total. The lowest BCUT2D eigenvalue weighted by Gasteiger charge is -2.40. The van der Waals surface area contributed by atoms with E-state index >= 15 is 0 Å². The minimum Gasteiger partial charge on any atom is -0.320 e. The van der Waals surface area contributed by atoms with Crippen molar-refractivity contribution >= 4 is 0 Å². The van der Waals surface area contributed by atoms with E-state index in [9.17, 15) is 0 Å². The Morgan fingerprint density at radius 1 is 1.00 bits per heavy atom.